The summed E-state index contributed by atoms with van der Waals surface area (Å²) in [4.78, 5) is 2.56. The molecule has 2 saturated heterocycles. The molecule has 2 N–H and O–H groups in total. The monoisotopic (exact) mass is 226 g/mol. The highest BCUT2D eigenvalue weighted by Gasteiger charge is 2.39. The molecule has 94 valence electrons. The molecule has 2 fully saturated rings. The molecule has 2 atom stereocenters. The molecule has 2 aliphatic rings. The van der Waals surface area contributed by atoms with E-state index in [1.165, 1.54) is 51.9 Å². The van der Waals surface area contributed by atoms with Crippen LogP contribution in [0.4, 0.5) is 0 Å². The van der Waals surface area contributed by atoms with Gasteiger partial charge in [-0.25, -0.2) is 0 Å². The average molecular weight is 226 g/mol. The molecule has 2 heterocycles. The number of nitrogens with zero attached hydrogens (tertiary/aromatic N) is 1. The first-order valence-corrected chi connectivity index (χ1v) is 6.87. The van der Waals surface area contributed by atoms with E-state index < -0.39 is 0 Å². The lowest BCUT2D eigenvalue weighted by Gasteiger charge is -2.39. The summed E-state index contributed by atoms with van der Waals surface area (Å²) in [5.41, 5.74) is 0.109. The van der Waals surface area contributed by atoms with E-state index >= 15 is 0 Å². The van der Waals surface area contributed by atoms with Gasteiger partial charge in [0.2, 0.25) is 0 Å². The molecule has 3 nitrogen and oxygen atoms in total. The normalized spacial score (nSPS) is 36.8. The van der Waals surface area contributed by atoms with Crippen LogP contribution in [-0.2, 0) is 0 Å². The third-order valence-corrected chi connectivity index (χ3v) is 4.57. The van der Waals surface area contributed by atoms with Crippen molar-refractivity contribution in [3.05, 3.63) is 0 Å². The maximum absolute atomic E-state index is 9.66. The molecule has 3 heteroatoms. The Morgan fingerprint density at radius 1 is 1.44 bits per heavy atom. The zero-order valence-electron chi connectivity index (χ0n) is 10.5. The zero-order valence-corrected chi connectivity index (χ0v) is 10.5. The predicted octanol–water partition coefficient (Wildman–Crippen LogP) is 1.22. The van der Waals surface area contributed by atoms with Crippen molar-refractivity contribution in [2.45, 2.75) is 44.6 Å². The van der Waals surface area contributed by atoms with Gasteiger partial charge in [-0.3, -0.25) is 4.90 Å². The number of piperidine rings is 1. The fraction of sp³-hybridized carbons (Fsp3) is 1.00. The summed E-state index contributed by atoms with van der Waals surface area (Å²) in [7, 11) is 0. The van der Waals surface area contributed by atoms with Gasteiger partial charge in [0.15, 0.2) is 0 Å². The zero-order chi connectivity index (χ0) is 11.4. The number of nitrogens with one attached hydrogen (secondary N) is 1. The van der Waals surface area contributed by atoms with Crippen LogP contribution in [0.25, 0.3) is 0 Å². The summed E-state index contributed by atoms with van der Waals surface area (Å²) in [6, 6.07) is 0. The molecule has 16 heavy (non-hydrogen) atoms. The van der Waals surface area contributed by atoms with Crippen LogP contribution in [0, 0.1) is 5.92 Å². The summed E-state index contributed by atoms with van der Waals surface area (Å²) in [6.45, 7) is 7.28. The minimum absolute atomic E-state index is 0.109. The predicted molar refractivity (Wildman–Crippen MR) is 66.5 cm³/mol. The van der Waals surface area contributed by atoms with Gasteiger partial charge < -0.3 is 10.4 Å². The molecule has 2 unspecified atom stereocenters. The molecule has 0 aliphatic carbocycles. The lowest BCUT2D eigenvalue weighted by atomic mass is 9.91. The molecule has 0 amide bonds. The summed E-state index contributed by atoms with van der Waals surface area (Å²) < 4.78 is 0. The largest absolute Gasteiger partial charge is 0.394 e. The smallest absolute Gasteiger partial charge is 0.0615 e. The van der Waals surface area contributed by atoms with Crippen molar-refractivity contribution in [2.24, 2.45) is 5.92 Å². The Hall–Kier alpha value is -0.120. The second-order valence-electron chi connectivity index (χ2n) is 5.50. The third-order valence-electron chi connectivity index (χ3n) is 4.57. The molecular formula is C13H26N2O. The van der Waals surface area contributed by atoms with Crippen LogP contribution in [0.1, 0.15) is 39.0 Å². The van der Waals surface area contributed by atoms with E-state index in [0.717, 1.165) is 12.3 Å². The Balaban J connectivity index is 1.91. The summed E-state index contributed by atoms with van der Waals surface area (Å²) >= 11 is 0. The second kappa shape index (κ2) is 5.48. The minimum Gasteiger partial charge on any atom is -0.394 e. The van der Waals surface area contributed by atoms with E-state index in [1.807, 2.05) is 0 Å². The molecule has 2 rings (SSSR count). The fourth-order valence-electron chi connectivity index (χ4n) is 3.36. The van der Waals surface area contributed by atoms with Gasteiger partial charge >= 0.3 is 0 Å². The number of aliphatic hydroxyl groups is 1. The highest BCUT2D eigenvalue weighted by molar-refractivity contribution is 4.95. The minimum atomic E-state index is 0.109. The highest BCUT2D eigenvalue weighted by atomic mass is 16.3. The van der Waals surface area contributed by atoms with Crippen LogP contribution in [0.3, 0.4) is 0 Å². The van der Waals surface area contributed by atoms with Gasteiger partial charge in [-0.2, -0.15) is 0 Å². The highest BCUT2D eigenvalue weighted by Crippen LogP contribution is 2.33. The topological polar surface area (TPSA) is 35.5 Å². The van der Waals surface area contributed by atoms with Crippen LogP contribution in [-0.4, -0.2) is 48.3 Å². The molecule has 0 radical (unpaired) electrons. The maximum Gasteiger partial charge on any atom is 0.0615 e. The fourth-order valence-corrected chi connectivity index (χ4v) is 3.36. The Morgan fingerprint density at radius 3 is 2.94 bits per heavy atom. The van der Waals surface area contributed by atoms with Crippen LogP contribution >= 0.6 is 0 Å². The molecule has 2 aliphatic heterocycles. The van der Waals surface area contributed by atoms with E-state index in [0.29, 0.717) is 6.61 Å². The number of likely N-dealkylation sites (tertiary alicyclic amines) is 1. The first-order valence-electron chi connectivity index (χ1n) is 6.87. The Bertz CT molecular complexity index is 210. The summed E-state index contributed by atoms with van der Waals surface area (Å²) in [6.07, 6.45) is 6.20. The van der Waals surface area contributed by atoms with E-state index in [2.05, 4.69) is 17.1 Å². The van der Waals surface area contributed by atoms with Crippen molar-refractivity contribution < 1.29 is 5.11 Å². The van der Waals surface area contributed by atoms with Crippen molar-refractivity contribution in [1.82, 2.24) is 10.2 Å². The molecule has 0 aromatic rings. The lowest BCUT2D eigenvalue weighted by molar-refractivity contribution is 0.0458. The quantitative estimate of drug-likeness (QED) is 0.756. The van der Waals surface area contributed by atoms with Crippen LogP contribution in [0.5, 0.6) is 0 Å². The standard InChI is InChI=1S/C13H26N2O/c1-2-13(11-16)6-4-8-15(13)10-12-5-3-7-14-9-12/h12,14,16H,2-11H2,1H3. The maximum atomic E-state index is 9.66. The van der Waals surface area contributed by atoms with Gasteiger partial charge in [-0.15, -0.1) is 0 Å². The Morgan fingerprint density at radius 2 is 2.31 bits per heavy atom. The van der Waals surface area contributed by atoms with Gasteiger partial charge in [0.25, 0.3) is 0 Å². The third kappa shape index (κ3) is 2.41. The van der Waals surface area contributed by atoms with Gasteiger partial charge in [0.05, 0.1) is 6.61 Å². The number of hydrogen-bond acceptors (Lipinski definition) is 3. The number of hydrogen-bond donors (Lipinski definition) is 2. The molecule has 0 aromatic heterocycles. The van der Waals surface area contributed by atoms with Crippen LogP contribution in [0.2, 0.25) is 0 Å². The van der Waals surface area contributed by atoms with E-state index in [-0.39, 0.29) is 5.54 Å². The average Bonchev–Trinajstić information content (AvgIpc) is 2.74. The first kappa shape index (κ1) is 12.3. The first-order chi connectivity index (χ1) is 7.80. The van der Waals surface area contributed by atoms with E-state index in [9.17, 15) is 5.11 Å². The Labute approximate surface area is 99.2 Å². The lowest BCUT2D eigenvalue weighted by Crippen LogP contribution is -2.50. The van der Waals surface area contributed by atoms with Crippen molar-refractivity contribution in [3.63, 3.8) is 0 Å². The molecule has 0 aromatic carbocycles. The van der Waals surface area contributed by atoms with E-state index in [4.69, 9.17) is 0 Å². The summed E-state index contributed by atoms with van der Waals surface area (Å²) in [5.74, 6) is 0.796. The van der Waals surface area contributed by atoms with E-state index in [1.54, 1.807) is 0 Å². The van der Waals surface area contributed by atoms with Crippen LogP contribution in [0.15, 0.2) is 0 Å². The van der Waals surface area contributed by atoms with Crippen molar-refractivity contribution >= 4 is 0 Å². The van der Waals surface area contributed by atoms with Crippen molar-refractivity contribution in [1.29, 1.82) is 0 Å². The number of rotatable bonds is 4. The van der Waals surface area contributed by atoms with Gasteiger partial charge in [-0.1, -0.05) is 6.92 Å². The molecule has 0 bridgehead atoms. The van der Waals surface area contributed by atoms with Crippen molar-refractivity contribution in [3.8, 4) is 0 Å². The summed E-state index contributed by atoms with van der Waals surface area (Å²) in [5, 5.41) is 13.1. The SMILES string of the molecule is CCC1(CO)CCCN1CC1CCCNC1. The van der Waals surface area contributed by atoms with Gasteiger partial charge in [0, 0.05) is 12.1 Å². The van der Waals surface area contributed by atoms with Crippen molar-refractivity contribution in [2.75, 3.05) is 32.8 Å². The number of aliphatic hydroxyl groups excluding tert-OH is 1. The second-order valence-corrected chi connectivity index (χ2v) is 5.50. The van der Waals surface area contributed by atoms with Gasteiger partial charge in [-0.05, 0) is 57.7 Å². The molecule has 0 spiro atoms. The Kier molecular flexibility index (Phi) is 4.22. The van der Waals surface area contributed by atoms with Gasteiger partial charge in [0.1, 0.15) is 0 Å². The molecular weight excluding hydrogens is 200 g/mol. The van der Waals surface area contributed by atoms with Crippen LogP contribution < -0.4 is 5.32 Å². The molecule has 0 saturated carbocycles.